The summed E-state index contributed by atoms with van der Waals surface area (Å²) in [6.07, 6.45) is 0.117. The smallest absolute Gasteiger partial charge is 0.292 e. The highest BCUT2D eigenvalue weighted by molar-refractivity contribution is 5.98. The van der Waals surface area contributed by atoms with Crippen LogP contribution in [0.4, 0.5) is 11.4 Å². The van der Waals surface area contributed by atoms with Gasteiger partial charge in [0.1, 0.15) is 5.69 Å². The van der Waals surface area contributed by atoms with E-state index in [-0.39, 0.29) is 36.2 Å². The monoisotopic (exact) mass is 263 g/mol. The number of nitro groups is 1. The lowest BCUT2D eigenvalue weighted by Crippen LogP contribution is -2.25. The Bertz CT molecular complexity index is 556. The number of rotatable bonds is 3. The summed E-state index contributed by atoms with van der Waals surface area (Å²) < 4.78 is 0. The number of hydrogen-bond donors (Lipinski definition) is 2. The van der Waals surface area contributed by atoms with E-state index in [1.165, 1.54) is 6.07 Å². The van der Waals surface area contributed by atoms with Gasteiger partial charge in [-0.2, -0.15) is 0 Å². The minimum atomic E-state index is -0.549. The average Bonchev–Trinajstić information content (AvgIpc) is 2.75. The minimum Gasteiger partial charge on any atom is -0.355 e. The summed E-state index contributed by atoms with van der Waals surface area (Å²) in [5, 5.41) is 15.9. The Balaban J connectivity index is 2.18. The fraction of sp³-hybridized carbons (Fsp3) is 0.333. The molecule has 7 nitrogen and oxygen atoms in total. The van der Waals surface area contributed by atoms with Crippen molar-refractivity contribution in [2.75, 3.05) is 11.9 Å². The van der Waals surface area contributed by atoms with E-state index < -0.39 is 10.8 Å². The molecule has 100 valence electrons. The number of benzene rings is 1. The molecule has 1 aliphatic heterocycles. The topological polar surface area (TPSA) is 101 Å². The van der Waals surface area contributed by atoms with Crippen LogP contribution in [0.5, 0.6) is 0 Å². The number of carbonyl (C=O) groups is 2. The molecule has 1 fully saturated rings. The van der Waals surface area contributed by atoms with E-state index >= 15 is 0 Å². The average molecular weight is 263 g/mol. The molecular weight excluding hydrogens is 250 g/mol. The molecule has 2 rings (SSSR count). The van der Waals surface area contributed by atoms with Crippen molar-refractivity contribution in [3.63, 3.8) is 0 Å². The third-order valence-electron chi connectivity index (χ3n) is 2.95. The van der Waals surface area contributed by atoms with E-state index in [0.717, 1.165) is 5.56 Å². The molecule has 19 heavy (non-hydrogen) atoms. The molecule has 0 bridgehead atoms. The van der Waals surface area contributed by atoms with Crippen LogP contribution in [0, 0.1) is 23.0 Å². The standard InChI is InChI=1S/C12H13N3O4/c1-7-2-3-10(15(18)19)9(4-7)14-12(17)8-5-11(16)13-6-8/h2-4,8H,5-6H2,1H3,(H,13,16)(H,14,17). The third kappa shape index (κ3) is 2.87. The summed E-state index contributed by atoms with van der Waals surface area (Å²) in [4.78, 5) is 33.3. The van der Waals surface area contributed by atoms with Gasteiger partial charge in [0.05, 0.1) is 10.8 Å². The van der Waals surface area contributed by atoms with Crippen LogP contribution in [0.3, 0.4) is 0 Å². The van der Waals surface area contributed by atoms with Gasteiger partial charge in [-0.3, -0.25) is 19.7 Å². The first-order valence-electron chi connectivity index (χ1n) is 5.80. The van der Waals surface area contributed by atoms with Crippen molar-refractivity contribution < 1.29 is 14.5 Å². The van der Waals surface area contributed by atoms with Crippen molar-refractivity contribution in [2.45, 2.75) is 13.3 Å². The van der Waals surface area contributed by atoms with Crippen LogP contribution in [-0.4, -0.2) is 23.3 Å². The Labute approximate surface area is 109 Å². The van der Waals surface area contributed by atoms with Gasteiger partial charge >= 0.3 is 0 Å². The molecule has 1 aromatic rings. The molecule has 0 radical (unpaired) electrons. The van der Waals surface area contributed by atoms with Gasteiger partial charge in [-0.05, 0) is 18.6 Å². The molecule has 0 aromatic heterocycles. The molecule has 1 heterocycles. The highest BCUT2D eigenvalue weighted by Gasteiger charge is 2.29. The summed E-state index contributed by atoms with van der Waals surface area (Å²) in [6, 6.07) is 4.50. The van der Waals surface area contributed by atoms with Gasteiger partial charge in [0.15, 0.2) is 0 Å². The van der Waals surface area contributed by atoms with E-state index in [2.05, 4.69) is 10.6 Å². The third-order valence-corrected chi connectivity index (χ3v) is 2.95. The van der Waals surface area contributed by atoms with Gasteiger partial charge in [0.25, 0.3) is 5.69 Å². The molecule has 2 amide bonds. The van der Waals surface area contributed by atoms with Crippen molar-refractivity contribution in [3.8, 4) is 0 Å². The van der Waals surface area contributed by atoms with E-state index in [4.69, 9.17) is 0 Å². The number of nitrogens with zero attached hydrogens (tertiary/aromatic N) is 1. The number of nitrogens with one attached hydrogen (secondary N) is 2. The molecule has 0 aliphatic carbocycles. The Kier molecular flexibility index (Phi) is 3.46. The van der Waals surface area contributed by atoms with Crippen molar-refractivity contribution in [1.29, 1.82) is 0 Å². The Morgan fingerprint density at radius 3 is 2.84 bits per heavy atom. The van der Waals surface area contributed by atoms with Gasteiger partial charge in [-0.15, -0.1) is 0 Å². The number of aryl methyl sites for hydroxylation is 1. The predicted molar refractivity (Wildman–Crippen MR) is 67.6 cm³/mol. The first-order valence-corrected chi connectivity index (χ1v) is 5.80. The van der Waals surface area contributed by atoms with Gasteiger partial charge in [0.2, 0.25) is 11.8 Å². The molecule has 1 unspecified atom stereocenters. The highest BCUT2D eigenvalue weighted by Crippen LogP contribution is 2.26. The summed E-state index contributed by atoms with van der Waals surface area (Å²) in [5.41, 5.74) is 0.812. The zero-order valence-electron chi connectivity index (χ0n) is 10.3. The largest absolute Gasteiger partial charge is 0.355 e. The van der Waals surface area contributed by atoms with E-state index in [0.29, 0.717) is 0 Å². The van der Waals surface area contributed by atoms with Gasteiger partial charge in [-0.1, -0.05) is 6.07 Å². The quantitative estimate of drug-likeness (QED) is 0.626. The summed E-state index contributed by atoms with van der Waals surface area (Å²) in [6.45, 7) is 2.05. The van der Waals surface area contributed by atoms with Crippen LogP contribution in [0.25, 0.3) is 0 Å². The maximum atomic E-state index is 11.9. The molecule has 1 saturated heterocycles. The van der Waals surface area contributed by atoms with Crippen LogP contribution in [0.1, 0.15) is 12.0 Å². The number of amides is 2. The fourth-order valence-corrected chi connectivity index (χ4v) is 1.93. The van der Waals surface area contributed by atoms with Crippen molar-refractivity contribution >= 4 is 23.2 Å². The second-order valence-electron chi connectivity index (χ2n) is 4.47. The van der Waals surface area contributed by atoms with Crippen LogP contribution in [0.15, 0.2) is 18.2 Å². The molecule has 1 aliphatic rings. The molecular formula is C12H13N3O4. The molecule has 7 heteroatoms. The van der Waals surface area contributed by atoms with Crippen molar-refractivity contribution in [1.82, 2.24) is 5.32 Å². The Morgan fingerprint density at radius 1 is 1.53 bits per heavy atom. The van der Waals surface area contributed by atoms with Gasteiger partial charge < -0.3 is 10.6 Å². The first-order chi connectivity index (χ1) is 8.97. The molecule has 0 saturated carbocycles. The molecule has 2 N–H and O–H groups in total. The lowest BCUT2D eigenvalue weighted by Gasteiger charge is -2.10. The first kappa shape index (κ1) is 13.0. The number of nitro benzene ring substituents is 1. The molecule has 1 aromatic carbocycles. The highest BCUT2D eigenvalue weighted by atomic mass is 16.6. The molecule has 1 atom stereocenters. The van der Waals surface area contributed by atoms with Gasteiger partial charge in [-0.25, -0.2) is 0 Å². The lowest BCUT2D eigenvalue weighted by atomic mass is 10.1. The predicted octanol–water partition coefficient (Wildman–Crippen LogP) is 0.978. The maximum absolute atomic E-state index is 11.9. The van der Waals surface area contributed by atoms with Gasteiger partial charge in [0, 0.05) is 19.0 Å². The second kappa shape index (κ2) is 5.05. The van der Waals surface area contributed by atoms with Crippen LogP contribution in [-0.2, 0) is 9.59 Å². The van der Waals surface area contributed by atoms with Crippen molar-refractivity contribution in [3.05, 3.63) is 33.9 Å². The molecule has 0 spiro atoms. The van der Waals surface area contributed by atoms with E-state index in [9.17, 15) is 19.7 Å². The summed E-state index contributed by atoms with van der Waals surface area (Å²) in [5.74, 6) is -1.04. The Morgan fingerprint density at radius 2 is 2.26 bits per heavy atom. The lowest BCUT2D eigenvalue weighted by molar-refractivity contribution is -0.383. The zero-order valence-corrected chi connectivity index (χ0v) is 10.3. The summed E-state index contributed by atoms with van der Waals surface area (Å²) in [7, 11) is 0. The second-order valence-corrected chi connectivity index (χ2v) is 4.47. The normalized spacial score (nSPS) is 17.9. The van der Waals surface area contributed by atoms with E-state index in [1.807, 2.05) is 0 Å². The Hall–Kier alpha value is -2.44. The fourth-order valence-electron chi connectivity index (χ4n) is 1.93. The van der Waals surface area contributed by atoms with Crippen LogP contribution in [0.2, 0.25) is 0 Å². The van der Waals surface area contributed by atoms with Crippen LogP contribution >= 0.6 is 0 Å². The summed E-state index contributed by atoms with van der Waals surface area (Å²) >= 11 is 0. The number of hydrogen-bond acceptors (Lipinski definition) is 4. The SMILES string of the molecule is Cc1ccc([N+](=O)[O-])c(NC(=O)C2CNC(=O)C2)c1. The number of carbonyl (C=O) groups excluding carboxylic acids is 2. The minimum absolute atomic E-state index is 0.117. The zero-order chi connectivity index (χ0) is 14.0. The number of anilines is 1. The van der Waals surface area contributed by atoms with Crippen LogP contribution < -0.4 is 10.6 Å². The van der Waals surface area contributed by atoms with Crippen molar-refractivity contribution in [2.24, 2.45) is 5.92 Å². The maximum Gasteiger partial charge on any atom is 0.292 e. The van der Waals surface area contributed by atoms with E-state index in [1.54, 1.807) is 19.1 Å².